The summed E-state index contributed by atoms with van der Waals surface area (Å²) in [5, 5.41) is 5.80. The molecule has 9 nitrogen and oxygen atoms in total. The van der Waals surface area contributed by atoms with Crippen molar-refractivity contribution >= 4 is 29.1 Å². The van der Waals surface area contributed by atoms with E-state index in [4.69, 9.17) is 21.1 Å². The molecule has 0 saturated carbocycles. The molecular weight excluding hydrogens is 496 g/mol. The van der Waals surface area contributed by atoms with Crippen molar-refractivity contribution in [2.45, 2.75) is 32.2 Å². The van der Waals surface area contributed by atoms with Crippen molar-refractivity contribution in [1.29, 1.82) is 0 Å². The topological polar surface area (TPSA) is 112 Å². The van der Waals surface area contributed by atoms with Crippen LogP contribution in [-0.4, -0.2) is 49.2 Å². The standard InChI is InChI=1S/C27H31ClN4O5/c1-16(2)19-8-6-17(28)12-20(19)21-13-25(33)32(15-24(21)37-5)23(10-11-36-4)27(35)31-18-7-9-22(30-14-18)26(34)29-3/h6-9,12-16,23H,10-11H2,1-5H3,(H,29,34)(H,31,35). The smallest absolute Gasteiger partial charge is 0.269 e. The maximum Gasteiger partial charge on any atom is 0.269 e. The summed E-state index contributed by atoms with van der Waals surface area (Å²) in [6.45, 7) is 4.36. The molecule has 2 amide bonds. The number of anilines is 1. The molecule has 0 aliphatic carbocycles. The number of carbonyl (C=O) groups excluding carboxylic acids is 2. The van der Waals surface area contributed by atoms with E-state index in [9.17, 15) is 14.4 Å². The maximum absolute atomic E-state index is 13.4. The van der Waals surface area contributed by atoms with Crippen molar-refractivity contribution < 1.29 is 19.1 Å². The third kappa shape index (κ3) is 6.55. The summed E-state index contributed by atoms with van der Waals surface area (Å²) in [7, 11) is 4.54. The zero-order valence-electron chi connectivity index (χ0n) is 21.5. The molecule has 196 valence electrons. The minimum absolute atomic E-state index is 0.183. The van der Waals surface area contributed by atoms with Gasteiger partial charge in [0.2, 0.25) is 5.91 Å². The monoisotopic (exact) mass is 526 g/mol. The van der Waals surface area contributed by atoms with Crippen LogP contribution < -0.4 is 20.9 Å². The highest BCUT2D eigenvalue weighted by atomic mass is 35.5. The van der Waals surface area contributed by atoms with Gasteiger partial charge in [-0.2, -0.15) is 0 Å². The van der Waals surface area contributed by atoms with E-state index >= 15 is 0 Å². The van der Waals surface area contributed by atoms with E-state index in [1.165, 1.54) is 50.4 Å². The molecule has 3 rings (SSSR count). The summed E-state index contributed by atoms with van der Waals surface area (Å²) in [6.07, 6.45) is 3.16. The molecule has 0 fully saturated rings. The van der Waals surface area contributed by atoms with Crippen LogP contribution in [0.4, 0.5) is 5.69 Å². The van der Waals surface area contributed by atoms with Crippen molar-refractivity contribution in [3.63, 3.8) is 0 Å². The van der Waals surface area contributed by atoms with Gasteiger partial charge >= 0.3 is 0 Å². The number of nitrogens with zero attached hydrogens (tertiary/aromatic N) is 2. The molecule has 37 heavy (non-hydrogen) atoms. The van der Waals surface area contributed by atoms with Gasteiger partial charge in [-0.3, -0.25) is 19.0 Å². The lowest BCUT2D eigenvalue weighted by Gasteiger charge is -2.22. The molecule has 1 unspecified atom stereocenters. The molecule has 10 heteroatoms. The SMILES string of the molecule is CNC(=O)c1ccc(NC(=O)C(CCOC)n2cc(OC)c(-c3cc(Cl)ccc3C(C)C)cc2=O)cn1. The highest BCUT2D eigenvalue weighted by Gasteiger charge is 2.24. The molecule has 2 N–H and O–H groups in total. The fraction of sp³-hybridized carbons (Fsp3) is 0.333. The quantitative estimate of drug-likeness (QED) is 0.408. The highest BCUT2D eigenvalue weighted by molar-refractivity contribution is 6.30. The first-order chi connectivity index (χ1) is 17.7. The number of aromatic nitrogens is 2. The number of hydrogen-bond donors (Lipinski definition) is 2. The Labute approximate surface area is 220 Å². The van der Waals surface area contributed by atoms with Crippen LogP contribution in [0.15, 0.2) is 53.6 Å². The van der Waals surface area contributed by atoms with Crippen LogP contribution in [0.2, 0.25) is 5.02 Å². The number of halogens is 1. The molecular formula is C27H31ClN4O5. The predicted molar refractivity (Wildman–Crippen MR) is 144 cm³/mol. The van der Waals surface area contributed by atoms with Crippen LogP contribution in [0, 0.1) is 0 Å². The van der Waals surface area contributed by atoms with Crippen LogP contribution in [-0.2, 0) is 9.53 Å². The largest absolute Gasteiger partial charge is 0.495 e. The predicted octanol–water partition coefficient (Wildman–Crippen LogP) is 4.27. The average Bonchev–Trinajstić information content (AvgIpc) is 2.89. The number of carbonyl (C=O) groups is 2. The number of benzene rings is 1. The van der Waals surface area contributed by atoms with Crippen LogP contribution in [0.3, 0.4) is 0 Å². The minimum Gasteiger partial charge on any atom is -0.495 e. The Hall–Kier alpha value is -3.69. The molecule has 0 spiro atoms. The molecule has 0 saturated heterocycles. The summed E-state index contributed by atoms with van der Waals surface area (Å²) in [6, 6.07) is 9.20. The highest BCUT2D eigenvalue weighted by Crippen LogP contribution is 2.36. The van der Waals surface area contributed by atoms with Gasteiger partial charge < -0.3 is 20.1 Å². The second-order valence-electron chi connectivity index (χ2n) is 8.69. The van der Waals surface area contributed by atoms with Gasteiger partial charge in [0, 0.05) is 43.8 Å². The van der Waals surface area contributed by atoms with Gasteiger partial charge in [-0.05, 0) is 41.3 Å². The van der Waals surface area contributed by atoms with Crippen LogP contribution in [0.25, 0.3) is 11.1 Å². The lowest BCUT2D eigenvalue weighted by molar-refractivity contribution is -0.119. The van der Waals surface area contributed by atoms with E-state index in [1.54, 1.807) is 6.07 Å². The first kappa shape index (κ1) is 27.9. The average molecular weight is 527 g/mol. The Kier molecular flexibility index (Phi) is 9.43. The molecule has 2 aromatic heterocycles. The molecule has 0 aliphatic heterocycles. The van der Waals surface area contributed by atoms with Crippen molar-refractivity contribution in [1.82, 2.24) is 14.9 Å². The first-order valence-electron chi connectivity index (χ1n) is 11.8. The molecule has 0 aliphatic rings. The van der Waals surface area contributed by atoms with Gasteiger partial charge in [0.15, 0.2) is 0 Å². The second kappa shape index (κ2) is 12.5. The van der Waals surface area contributed by atoms with E-state index in [0.717, 1.165) is 11.1 Å². The Bertz CT molecular complexity index is 1320. The van der Waals surface area contributed by atoms with Crippen LogP contribution in [0.5, 0.6) is 5.75 Å². The van der Waals surface area contributed by atoms with Crippen molar-refractivity contribution in [2.24, 2.45) is 0 Å². The van der Waals surface area contributed by atoms with Crippen molar-refractivity contribution in [2.75, 3.05) is 33.2 Å². The maximum atomic E-state index is 13.4. The number of pyridine rings is 2. The van der Waals surface area contributed by atoms with Gasteiger partial charge in [0.1, 0.15) is 17.5 Å². The summed E-state index contributed by atoms with van der Waals surface area (Å²) in [5.74, 6) is -0.164. The number of amides is 2. The van der Waals surface area contributed by atoms with Crippen LogP contribution in [0.1, 0.15) is 48.3 Å². The van der Waals surface area contributed by atoms with Gasteiger partial charge in [-0.25, -0.2) is 4.98 Å². The molecule has 2 heterocycles. The third-order valence-electron chi connectivity index (χ3n) is 5.92. The van der Waals surface area contributed by atoms with E-state index in [1.807, 2.05) is 18.2 Å². The van der Waals surface area contributed by atoms with Gasteiger partial charge in [0.25, 0.3) is 11.5 Å². The minimum atomic E-state index is -0.891. The Balaban J connectivity index is 2.01. The van der Waals surface area contributed by atoms with Gasteiger partial charge in [0.05, 0.1) is 25.2 Å². The van der Waals surface area contributed by atoms with E-state index in [-0.39, 0.29) is 36.1 Å². The molecule has 3 aromatic rings. The summed E-state index contributed by atoms with van der Waals surface area (Å²) in [4.78, 5) is 42.5. The summed E-state index contributed by atoms with van der Waals surface area (Å²) in [5.41, 5.74) is 2.63. The summed E-state index contributed by atoms with van der Waals surface area (Å²) < 4.78 is 12.2. The third-order valence-corrected chi connectivity index (χ3v) is 6.15. The van der Waals surface area contributed by atoms with Crippen molar-refractivity contribution in [3.05, 3.63) is 75.4 Å². The van der Waals surface area contributed by atoms with Gasteiger partial charge in [-0.15, -0.1) is 0 Å². The number of rotatable bonds is 10. The molecule has 1 atom stereocenters. The Morgan fingerprint density at radius 3 is 2.46 bits per heavy atom. The normalized spacial score (nSPS) is 11.8. The number of methoxy groups -OCH3 is 2. The zero-order valence-corrected chi connectivity index (χ0v) is 22.3. The Morgan fingerprint density at radius 2 is 1.86 bits per heavy atom. The molecule has 0 bridgehead atoms. The van der Waals surface area contributed by atoms with E-state index in [0.29, 0.717) is 22.0 Å². The molecule has 0 radical (unpaired) electrons. The molecule has 1 aromatic carbocycles. The zero-order chi connectivity index (χ0) is 27.1. The fourth-order valence-electron chi connectivity index (χ4n) is 3.99. The Morgan fingerprint density at radius 1 is 1.11 bits per heavy atom. The first-order valence-corrected chi connectivity index (χ1v) is 12.2. The van der Waals surface area contributed by atoms with Crippen LogP contribution >= 0.6 is 11.6 Å². The fourth-order valence-corrected chi connectivity index (χ4v) is 4.16. The number of nitrogens with one attached hydrogen (secondary N) is 2. The number of ether oxygens (including phenoxy) is 2. The second-order valence-corrected chi connectivity index (χ2v) is 9.12. The van der Waals surface area contributed by atoms with E-state index in [2.05, 4.69) is 29.5 Å². The number of hydrogen-bond acceptors (Lipinski definition) is 6. The lowest BCUT2D eigenvalue weighted by Crippen LogP contribution is -2.34. The van der Waals surface area contributed by atoms with Crippen molar-refractivity contribution in [3.8, 4) is 16.9 Å². The van der Waals surface area contributed by atoms with E-state index < -0.39 is 11.9 Å². The van der Waals surface area contributed by atoms with Gasteiger partial charge in [-0.1, -0.05) is 31.5 Å². The summed E-state index contributed by atoms with van der Waals surface area (Å²) >= 11 is 6.28. The lowest BCUT2D eigenvalue weighted by atomic mass is 9.92.